The second kappa shape index (κ2) is 6.99. The third kappa shape index (κ3) is 4.00. The highest BCUT2D eigenvalue weighted by molar-refractivity contribution is 5.69. The molecule has 1 atom stereocenters. The summed E-state index contributed by atoms with van der Waals surface area (Å²) in [4.78, 5) is 19.1. The van der Waals surface area contributed by atoms with E-state index in [0.717, 1.165) is 37.2 Å². The minimum absolute atomic E-state index is 0.0462. The first-order valence-corrected chi connectivity index (χ1v) is 9.15. The van der Waals surface area contributed by atoms with Crippen molar-refractivity contribution >= 4 is 11.9 Å². The van der Waals surface area contributed by atoms with E-state index in [1.54, 1.807) is 0 Å². The number of carbonyl (C=O) groups is 1. The first kappa shape index (κ1) is 17.1. The van der Waals surface area contributed by atoms with Crippen LogP contribution < -0.4 is 5.32 Å². The maximum atomic E-state index is 12.7. The van der Waals surface area contributed by atoms with Crippen molar-refractivity contribution in [3.8, 4) is 0 Å². The number of nitrogens with one attached hydrogen (secondary N) is 1. The molecule has 1 unspecified atom stereocenters. The third-order valence-electron chi connectivity index (χ3n) is 4.77. The van der Waals surface area contributed by atoms with Crippen molar-refractivity contribution in [1.82, 2.24) is 9.88 Å². The van der Waals surface area contributed by atoms with Gasteiger partial charge in [-0.05, 0) is 65.4 Å². The van der Waals surface area contributed by atoms with Crippen LogP contribution in [0.1, 0.15) is 70.9 Å². The Bertz CT molecular complexity index is 578. The highest BCUT2D eigenvalue weighted by Gasteiger charge is 2.33. The van der Waals surface area contributed by atoms with E-state index in [-0.39, 0.29) is 12.1 Å². The number of anilines is 1. The van der Waals surface area contributed by atoms with E-state index in [4.69, 9.17) is 4.74 Å². The molecule has 1 aliphatic carbocycles. The Balaban J connectivity index is 1.81. The average Bonchev–Trinajstić information content (AvgIpc) is 2.50. The van der Waals surface area contributed by atoms with Crippen LogP contribution in [0.3, 0.4) is 0 Å². The van der Waals surface area contributed by atoms with Crippen molar-refractivity contribution < 1.29 is 9.53 Å². The van der Waals surface area contributed by atoms with Crippen LogP contribution in [-0.2, 0) is 4.74 Å². The van der Waals surface area contributed by atoms with E-state index in [9.17, 15) is 4.79 Å². The SMILES string of the molecule is CC(C)(C)OC(=O)N1CCCCC1c1cccnc1NC1CCC1. The van der Waals surface area contributed by atoms with Crippen LogP contribution in [0.25, 0.3) is 0 Å². The molecule has 1 aliphatic heterocycles. The molecule has 0 aromatic carbocycles. The quantitative estimate of drug-likeness (QED) is 0.885. The van der Waals surface area contributed by atoms with Gasteiger partial charge in [-0.1, -0.05) is 6.07 Å². The highest BCUT2D eigenvalue weighted by Crippen LogP contribution is 2.36. The van der Waals surface area contributed by atoms with Crippen LogP contribution in [0.4, 0.5) is 10.6 Å². The number of hydrogen-bond acceptors (Lipinski definition) is 4. The molecule has 3 rings (SSSR count). The van der Waals surface area contributed by atoms with Gasteiger partial charge in [-0.2, -0.15) is 0 Å². The minimum atomic E-state index is -0.471. The number of pyridine rings is 1. The molecule has 2 heterocycles. The fourth-order valence-electron chi connectivity index (χ4n) is 3.35. The lowest BCUT2D eigenvalue weighted by atomic mass is 9.92. The van der Waals surface area contributed by atoms with Gasteiger partial charge in [0.25, 0.3) is 0 Å². The van der Waals surface area contributed by atoms with E-state index in [2.05, 4.69) is 16.4 Å². The predicted octanol–water partition coefficient (Wildman–Crippen LogP) is 4.51. The first-order valence-electron chi connectivity index (χ1n) is 9.15. The molecule has 5 nitrogen and oxygen atoms in total. The lowest BCUT2D eigenvalue weighted by Crippen LogP contribution is -2.42. The molecule has 5 heteroatoms. The number of hydrogen-bond donors (Lipinski definition) is 1. The van der Waals surface area contributed by atoms with Gasteiger partial charge in [-0.25, -0.2) is 9.78 Å². The average molecular weight is 331 g/mol. The van der Waals surface area contributed by atoms with Gasteiger partial charge in [0.1, 0.15) is 11.4 Å². The van der Waals surface area contributed by atoms with Gasteiger partial charge >= 0.3 is 6.09 Å². The van der Waals surface area contributed by atoms with Crippen LogP contribution >= 0.6 is 0 Å². The molecule has 0 spiro atoms. The van der Waals surface area contributed by atoms with Gasteiger partial charge in [-0.15, -0.1) is 0 Å². The van der Waals surface area contributed by atoms with Crippen molar-refractivity contribution in [1.29, 1.82) is 0 Å². The molecular formula is C19H29N3O2. The standard InChI is InChI=1S/C19H29N3O2/c1-19(2,3)24-18(23)22-13-5-4-11-16(22)15-10-7-12-20-17(15)21-14-8-6-9-14/h7,10,12,14,16H,4-6,8-9,11,13H2,1-3H3,(H,20,21). The molecule has 2 fully saturated rings. The van der Waals surface area contributed by atoms with Crippen LogP contribution in [0.15, 0.2) is 18.3 Å². The fourth-order valence-corrected chi connectivity index (χ4v) is 3.35. The Labute approximate surface area is 144 Å². The first-order chi connectivity index (χ1) is 11.4. The minimum Gasteiger partial charge on any atom is -0.444 e. The summed E-state index contributed by atoms with van der Waals surface area (Å²) < 4.78 is 5.63. The van der Waals surface area contributed by atoms with E-state index < -0.39 is 5.60 Å². The van der Waals surface area contributed by atoms with Crippen molar-refractivity contribution in [2.75, 3.05) is 11.9 Å². The van der Waals surface area contributed by atoms with E-state index in [1.165, 1.54) is 19.3 Å². The molecule has 132 valence electrons. The number of likely N-dealkylation sites (tertiary alicyclic amines) is 1. The molecule has 1 saturated carbocycles. The predicted molar refractivity (Wildman–Crippen MR) is 95.0 cm³/mol. The summed E-state index contributed by atoms with van der Waals surface area (Å²) in [7, 11) is 0. The molecule has 0 radical (unpaired) electrons. The van der Waals surface area contributed by atoms with Gasteiger partial charge in [-0.3, -0.25) is 0 Å². The van der Waals surface area contributed by atoms with E-state index in [0.29, 0.717) is 6.04 Å². The molecule has 24 heavy (non-hydrogen) atoms. The van der Waals surface area contributed by atoms with Crippen LogP contribution in [0.2, 0.25) is 0 Å². The zero-order valence-electron chi connectivity index (χ0n) is 15.0. The number of piperidine rings is 1. The number of amides is 1. The van der Waals surface area contributed by atoms with E-state index in [1.807, 2.05) is 37.9 Å². The molecule has 1 amide bonds. The summed E-state index contributed by atoms with van der Waals surface area (Å²) in [6.07, 6.45) is 8.42. The number of rotatable bonds is 3. The van der Waals surface area contributed by atoms with Gasteiger partial charge in [0, 0.05) is 24.3 Å². The van der Waals surface area contributed by atoms with Crippen LogP contribution in [0.5, 0.6) is 0 Å². The zero-order valence-corrected chi connectivity index (χ0v) is 15.0. The number of carbonyl (C=O) groups excluding carboxylic acids is 1. The summed E-state index contributed by atoms with van der Waals surface area (Å²) in [6.45, 7) is 6.49. The second-order valence-corrected chi connectivity index (χ2v) is 7.90. The smallest absolute Gasteiger partial charge is 0.410 e. The molecule has 0 bridgehead atoms. The molecule has 2 aliphatic rings. The summed E-state index contributed by atoms with van der Waals surface area (Å²) in [5, 5.41) is 3.56. The largest absolute Gasteiger partial charge is 0.444 e. The number of ether oxygens (including phenoxy) is 1. The van der Waals surface area contributed by atoms with Crippen molar-refractivity contribution in [3.63, 3.8) is 0 Å². The maximum absolute atomic E-state index is 12.7. The molecule has 1 aromatic heterocycles. The van der Waals surface area contributed by atoms with Gasteiger partial charge in [0.15, 0.2) is 0 Å². The molecule has 1 N–H and O–H groups in total. The highest BCUT2D eigenvalue weighted by atomic mass is 16.6. The Morgan fingerprint density at radius 3 is 2.71 bits per heavy atom. The topological polar surface area (TPSA) is 54.5 Å². The Kier molecular flexibility index (Phi) is 4.97. The second-order valence-electron chi connectivity index (χ2n) is 7.90. The summed E-state index contributed by atoms with van der Waals surface area (Å²) in [5.41, 5.74) is 0.649. The monoisotopic (exact) mass is 331 g/mol. The lowest BCUT2D eigenvalue weighted by molar-refractivity contribution is 0.00957. The van der Waals surface area contributed by atoms with Gasteiger partial charge in [0.05, 0.1) is 6.04 Å². The lowest BCUT2D eigenvalue weighted by Gasteiger charge is -2.38. The van der Waals surface area contributed by atoms with Crippen molar-refractivity contribution in [3.05, 3.63) is 23.9 Å². The summed E-state index contributed by atoms with van der Waals surface area (Å²) in [6, 6.07) is 4.63. The molecule has 1 aromatic rings. The summed E-state index contributed by atoms with van der Waals surface area (Å²) in [5.74, 6) is 0.933. The Morgan fingerprint density at radius 2 is 2.04 bits per heavy atom. The van der Waals surface area contributed by atoms with Gasteiger partial charge in [0.2, 0.25) is 0 Å². The van der Waals surface area contributed by atoms with Crippen LogP contribution in [0, 0.1) is 0 Å². The Morgan fingerprint density at radius 1 is 1.25 bits per heavy atom. The van der Waals surface area contributed by atoms with E-state index >= 15 is 0 Å². The Hall–Kier alpha value is -1.78. The number of aromatic nitrogens is 1. The van der Waals surface area contributed by atoms with Gasteiger partial charge < -0.3 is 15.0 Å². The fraction of sp³-hybridized carbons (Fsp3) is 0.684. The molecule has 1 saturated heterocycles. The van der Waals surface area contributed by atoms with Crippen molar-refractivity contribution in [2.24, 2.45) is 0 Å². The van der Waals surface area contributed by atoms with Crippen molar-refractivity contribution in [2.45, 2.75) is 77.0 Å². The zero-order chi connectivity index (χ0) is 17.2. The van der Waals surface area contributed by atoms with Crippen LogP contribution in [-0.4, -0.2) is 34.2 Å². The third-order valence-corrected chi connectivity index (χ3v) is 4.77. The number of nitrogens with zero attached hydrogens (tertiary/aromatic N) is 2. The normalized spacial score (nSPS) is 22.0. The molecular weight excluding hydrogens is 302 g/mol. The maximum Gasteiger partial charge on any atom is 0.410 e. The summed E-state index contributed by atoms with van der Waals surface area (Å²) >= 11 is 0.